The van der Waals surface area contributed by atoms with Crippen LogP contribution in [-0.2, 0) is 19.3 Å². The molecule has 1 fully saturated rings. The molecule has 2 N–H and O–H groups in total. The maximum Gasteiger partial charge on any atom is 0.416 e. The fourth-order valence-corrected chi connectivity index (χ4v) is 3.59. The van der Waals surface area contributed by atoms with Gasteiger partial charge in [-0.15, -0.1) is 0 Å². The molecule has 29 heavy (non-hydrogen) atoms. The number of nitrogens with zero attached hydrogens (tertiary/aromatic N) is 1. The normalized spacial score (nSPS) is 17.9. The first-order valence-electron chi connectivity index (χ1n) is 9.61. The van der Waals surface area contributed by atoms with E-state index in [1.54, 1.807) is 6.07 Å². The monoisotopic (exact) mass is 407 g/mol. The van der Waals surface area contributed by atoms with E-state index in [9.17, 15) is 22.8 Å². The van der Waals surface area contributed by atoms with Crippen molar-refractivity contribution in [3.63, 3.8) is 0 Å². The van der Waals surface area contributed by atoms with E-state index in [1.165, 1.54) is 24.6 Å². The number of aromatic nitrogens is 1. The highest BCUT2D eigenvalue weighted by Crippen LogP contribution is 2.29. The van der Waals surface area contributed by atoms with Crippen molar-refractivity contribution in [2.45, 2.75) is 39.0 Å². The van der Waals surface area contributed by atoms with Gasteiger partial charge in [-0.3, -0.25) is 14.5 Å². The minimum Gasteiger partial charge on any atom is -0.348 e. The zero-order valence-electron chi connectivity index (χ0n) is 16.2. The number of nitrogens with one attached hydrogen (secondary N) is 2. The van der Waals surface area contributed by atoms with Crippen LogP contribution >= 0.6 is 0 Å². The molecule has 2 heterocycles. The number of carbonyl (C=O) groups is 1. The molecular formula is C21H24F3N3O2. The van der Waals surface area contributed by atoms with E-state index >= 15 is 0 Å². The summed E-state index contributed by atoms with van der Waals surface area (Å²) in [5.41, 5.74) is -0.306. The van der Waals surface area contributed by atoms with Crippen molar-refractivity contribution in [3.8, 4) is 0 Å². The number of carbonyl (C=O) groups excluding carboxylic acids is 1. The van der Waals surface area contributed by atoms with E-state index < -0.39 is 23.2 Å². The molecule has 156 valence electrons. The number of H-pyrrole nitrogens is 1. The predicted octanol–water partition coefficient (Wildman–Crippen LogP) is 3.56. The minimum atomic E-state index is -4.45. The largest absolute Gasteiger partial charge is 0.416 e. The van der Waals surface area contributed by atoms with E-state index in [-0.39, 0.29) is 12.1 Å². The summed E-state index contributed by atoms with van der Waals surface area (Å²) >= 11 is 0. The molecule has 0 saturated carbocycles. The van der Waals surface area contributed by atoms with E-state index in [1.807, 2.05) is 0 Å². The van der Waals surface area contributed by atoms with Gasteiger partial charge in [0.2, 0.25) is 0 Å². The highest BCUT2D eigenvalue weighted by atomic mass is 19.4. The Kier molecular flexibility index (Phi) is 6.42. The number of hydrogen-bond donors (Lipinski definition) is 2. The summed E-state index contributed by atoms with van der Waals surface area (Å²) in [6.45, 7) is 4.67. The van der Waals surface area contributed by atoms with Crippen LogP contribution in [0.1, 0.15) is 46.9 Å². The molecule has 1 saturated heterocycles. The fourth-order valence-electron chi connectivity index (χ4n) is 3.59. The number of amides is 1. The Morgan fingerprint density at radius 1 is 1.28 bits per heavy atom. The van der Waals surface area contributed by atoms with Crippen molar-refractivity contribution < 1.29 is 18.0 Å². The van der Waals surface area contributed by atoms with Gasteiger partial charge >= 0.3 is 6.18 Å². The fraction of sp³-hybridized carbons (Fsp3) is 0.429. The van der Waals surface area contributed by atoms with E-state index in [0.717, 1.165) is 37.3 Å². The Hall–Kier alpha value is -2.61. The predicted molar refractivity (Wildman–Crippen MR) is 103 cm³/mol. The topological polar surface area (TPSA) is 65.2 Å². The Labute approximate surface area is 166 Å². The van der Waals surface area contributed by atoms with Crippen molar-refractivity contribution in [1.29, 1.82) is 0 Å². The molecule has 1 aromatic heterocycles. The average molecular weight is 407 g/mol. The van der Waals surface area contributed by atoms with Gasteiger partial charge in [0.05, 0.1) is 5.56 Å². The summed E-state index contributed by atoms with van der Waals surface area (Å²) in [6.07, 6.45) is -2.11. The maximum absolute atomic E-state index is 12.8. The number of pyridine rings is 1. The number of aromatic amines is 1. The van der Waals surface area contributed by atoms with Crippen LogP contribution in [0.5, 0.6) is 0 Å². The van der Waals surface area contributed by atoms with Gasteiger partial charge in [0.15, 0.2) is 0 Å². The lowest BCUT2D eigenvalue weighted by Gasteiger charge is -2.30. The Morgan fingerprint density at radius 2 is 2.07 bits per heavy atom. The lowest BCUT2D eigenvalue weighted by molar-refractivity contribution is -0.137. The van der Waals surface area contributed by atoms with E-state index in [0.29, 0.717) is 18.0 Å². The molecule has 8 heteroatoms. The Morgan fingerprint density at radius 3 is 2.76 bits per heavy atom. The van der Waals surface area contributed by atoms with Gasteiger partial charge < -0.3 is 10.3 Å². The van der Waals surface area contributed by atoms with Gasteiger partial charge in [0.25, 0.3) is 11.5 Å². The lowest BCUT2D eigenvalue weighted by Crippen LogP contribution is -2.35. The summed E-state index contributed by atoms with van der Waals surface area (Å²) < 4.78 is 38.3. The Balaban J connectivity index is 1.62. The second kappa shape index (κ2) is 8.82. The molecule has 1 aliphatic heterocycles. The third kappa shape index (κ3) is 5.69. The summed E-state index contributed by atoms with van der Waals surface area (Å²) in [5, 5.41) is 2.50. The minimum absolute atomic E-state index is 0.0623. The van der Waals surface area contributed by atoms with Gasteiger partial charge in [0.1, 0.15) is 5.56 Å². The van der Waals surface area contributed by atoms with Crippen LogP contribution < -0.4 is 10.9 Å². The number of halogens is 3. The Bertz CT molecular complexity index is 924. The molecule has 1 amide bonds. The van der Waals surface area contributed by atoms with Gasteiger partial charge in [-0.05, 0) is 55.1 Å². The molecule has 0 bridgehead atoms. The third-order valence-electron chi connectivity index (χ3n) is 5.06. The van der Waals surface area contributed by atoms with Gasteiger partial charge in [-0.2, -0.15) is 13.2 Å². The maximum atomic E-state index is 12.8. The second-order valence-corrected chi connectivity index (χ2v) is 7.59. The number of hydrogen-bond acceptors (Lipinski definition) is 3. The molecule has 1 atom stereocenters. The second-order valence-electron chi connectivity index (χ2n) is 7.59. The molecule has 1 aromatic carbocycles. The SMILES string of the molecule is C[C@@H]1CCCN(Cc2ccc(C(=O)NCc3cccc(C(F)(F)F)c3)c(=O)[nH]2)C1. The summed E-state index contributed by atoms with van der Waals surface area (Å²) in [4.78, 5) is 29.6. The zero-order valence-corrected chi connectivity index (χ0v) is 16.2. The number of alkyl halides is 3. The lowest BCUT2D eigenvalue weighted by atomic mass is 10.0. The molecule has 3 rings (SSSR count). The molecule has 0 radical (unpaired) electrons. The molecule has 0 unspecified atom stereocenters. The quantitative estimate of drug-likeness (QED) is 0.797. The van der Waals surface area contributed by atoms with Crippen molar-refractivity contribution in [2.75, 3.05) is 13.1 Å². The number of likely N-dealkylation sites (tertiary alicyclic amines) is 1. The highest BCUT2D eigenvalue weighted by Gasteiger charge is 2.30. The highest BCUT2D eigenvalue weighted by molar-refractivity contribution is 5.93. The van der Waals surface area contributed by atoms with Gasteiger partial charge in [-0.1, -0.05) is 19.1 Å². The van der Waals surface area contributed by atoms with Crippen LogP contribution in [0, 0.1) is 5.92 Å². The molecule has 0 aliphatic carbocycles. The zero-order chi connectivity index (χ0) is 21.0. The molecule has 0 spiro atoms. The third-order valence-corrected chi connectivity index (χ3v) is 5.06. The van der Waals surface area contributed by atoms with Gasteiger partial charge in [0, 0.05) is 25.3 Å². The molecule has 1 aliphatic rings. The van der Waals surface area contributed by atoms with Crippen LogP contribution in [0.4, 0.5) is 13.2 Å². The standard InChI is InChI=1S/C21H24F3N3O2/c1-14-4-3-9-27(12-14)13-17-7-8-18(20(29)26-17)19(28)25-11-15-5-2-6-16(10-15)21(22,23)24/h2,5-8,10,14H,3-4,9,11-13H2,1H3,(H,25,28)(H,26,29)/t14-/m1/s1. The molecular weight excluding hydrogens is 383 g/mol. The van der Waals surface area contributed by atoms with Crippen molar-refractivity contribution in [3.05, 3.63) is 69.1 Å². The summed E-state index contributed by atoms with van der Waals surface area (Å²) in [5.74, 6) is -0.00169. The number of rotatable bonds is 5. The molecule has 2 aromatic rings. The average Bonchev–Trinajstić information content (AvgIpc) is 2.66. The smallest absolute Gasteiger partial charge is 0.348 e. The first kappa shape index (κ1) is 21.1. The van der Waals surface area contributed by atoms with Crippen LogP contribution in [0.3, 0.4) is 0 Å². The van der Waals surface area contributed by atoms with Crippen LogP contribution in [0.15, 0.2) is 41.2 Å². The summed E-state index contributed by atoms with van der Waals surface area (Å²) in [7, 11) is 0. The molecule has 5 nitrogen and oxygen atoms in total. The van der Waals surface area contributed by atoms with Crippen molar-refractivity contribution in [1.82, 2.24) is 15.2 Å². The van der Waals surface area contributed by atoms with Crippen LogP contribution in [0.2, 0.25) is 0 Å². The van der Waals surface area contributed by atoms with Crippen molar-refractivity contribution in [2.24, 2.45) is 5.92 Å². The van der Waals surface area contributed by atoms with E-state index in [2.05, 4.69) is 22.1 Å². The van der Waals surface area contributed by atoms with E-state index in [4.69, 9.17) is 0 Å². The first-order chi connectivity index (χ1) is 13.7. The number of piperidine rings is 1. The van der Waals surface area contributed by atoms with Gasteiger partial charge in [-0.25, -0.2) is 0 Å². The first-order valence-corrected chi connectivity index (χ1v) is 9.61. The summed E-state index contributed by atoms with van der Waals surface area (Å²) in [6, 6.07) is 7.89. The number of benzene rings is 1. The van der Waals surface area contributed by atoms with Crippen LogP contribution in [-0.4, -0.2) is 28.9 Å². The van der Waals surface area contributed by atoms with Crippen LogP contribution in [0.25, 0.3) is 0 Å². The van der Waals surface area contributed by atoms with Crippen molar-refractivity contribution >= 4 is 5.91 Å².